The van der Waals surface area contributed by atoms with E-state index in [1.807, 2.05) is 24.3 Å². The number of nitrogens with two attached hydrogens (primary N) is 2. The fourth-order valence-corrected chi connectivity index (χ4v) is 1.75. The first-order valence-electron chi connectivity index (χ1n) is 4.89. The van der Waals surface area contributed by atoms with Gasteiger partial charge in [0.25, 0.3) is 0 Å². The van der Waals surface area contributed by atoms with Crippen molar-refractivity contribution in [2.75, 3.05) is 0 Å². The van der Waals surface area contributed by atoms with Crippen LogP contribution in [0.1, 0.15) is 12.7 Å². The van der Waals surface area contributed by atoms with E-state index in [1.54, 1.807) is 6.92 Å². The summed E-state index contributed by atoms with van der Waals surface area (Å²) in [6, 6.07) is 7.66. The highest BCUT2D eigenvalue weighted by atomic mass is 79.9. The maximum Gasteiger partial charge on any atom is 0.211 e. The highest BCUT2D eigenvalue weighted by Crippen LogP contribution is 2.23. The number of nitrogens with zero attached hydrogens (tertiary/aromatic N) is 2. The number of rotatable bonds is 2. The van der Waals surface area contributed by atoms with Crippen molar-refractivity contribution < 1.29 is 4.42 Å². The van der Waals surface area contributed by atoms with Crippen LogP contribution in [0.25, 0.3) is 11.0 Å². The lowest BCUT2D eigenvalue weighted by atomic mass is 10.2. The van der Waals surface area contributed by atoms with Crippen molar-refractivity contribution in [1.82, 2.24) is 0 Å². The van der Waals surface area contributed by atoms with Crippen LogP contribution >= 0.6 is 15.9 Å². The minimum Gasteiger partial charge on any atom is -0.455 e. The third kappa shape index (κ3) is 2.65. The average molecular weight is 295 g/mol. The minimum absolute atomic E-state index is 0.0804. The maximum atomic E-state index is 5.61. The number of fused-ring (bicyclic) bond motifs is 1. The Morgan fingerprint density at radius 1 is 1.24 bits per heavy atom. The molecule has 1 heterocycles. The minimum atomic E-state index is -0.0804. The SMILES string of the molecule is CC(=NN=C(N)N)c1cc2cc(Br)ccc2o1. The van der Waals surface area contributed by atoms with Gasteiger partial charge in [-0.1, -0.05) is 15.9 Å². The molecule has 0 saturated carbocycles. The lowest BCUT2D eigenvalue weighted by Crippen LogP contribution is -2.22. The van der Waals surface area contributed by atoms with Gasteiger partial charge in [-0.25, -0.2) is 0 Å². The highest BCUT2D eigenvalue weighted by molar-refractivity contribution is 9.10. The molecule has 2 rings (SSSR count). The zero-order valence-corrected chi connectivity index (χ0v) is 10.7. The molecule has 0 radical (unpaired) electrons. The van der Waals surface area contributed by atoms with Crippen LogP contribution in [0.15, 0.2) is 43.4 Å². The van der Waals surface area contributed by atoms with E-state index in [1.165, 1.54) is 0 Å². The summed E-state index contributed by atoms with van der Waals surface area (Å²) >= 11 is 3.40. The Morgan fingerprint density at radius 3 is 2.71 bits per heavy atom. The van der Waals surface area contributed by atoms with Gasteiger partial charge in [0.15, 0.2) is 5.76 Å². The second kappa shape index (κ2) is 4.58. The number of benzene rings is 1. The monoisotopic (exact) mass is 294 g/mol. The van der Waals surface area contributed by atoms with Crippen molar-refractivity contribution >= 4 is 38.6 Å². The predicted octanol–water partition coefficient (Wildman–Crippen LogP) is 2.19. The molecule has 2 aromatic rings. The maximum absolute atomic E-state index is 5.61. The van der Waals surface area contributed by atoms with Gasteiger partial charge in [-0.3, -0.25) is 0 Å². The molecule has 0 aliphatic rings. The summed E-state index contributed by atoms with van der Waals surface area (Å²) in [7, 11) is 0. The quantitative estimate of drug-likeness (QED) is 0.505. The molecule has 0 saturated heterocycles. The highest BCUT2D eigenvalue weighted by Gasteiger charge is 2.06. The van der Waals surface area contributed by atoms with Crippen LogP contribution < -0.4 is 11.5 Å². The predicted molar refractivity (Wildman–Crippen MR) is 71.9 cm³/mol. The van der Waals surface area contributed by atoms with Crippen molar-refractivity contribution in [3.8, 4) is 0 Å². The molecule has 0 amide bonds. The van der Waals surface area contributed by atoms with Gasteiger partial charge >= 0.3 is 0 Å². The topological polar surface area (TPSA) is 89.9 Å². The Labute approximate surface area is 106 Å². The molecule has 17 heavy (non-hydrogen) atoms. The first kappa shape index (κ1) is 11.7. The third-order valence-corrected chi connectivity index (χ3v) is 2.64. The van der Waals surface area contributed by atoms with Crippen LogP contribution in [0.3, 0.4) is 0 Å². The van der Waals surface area contributed by atoms with Gasteiger partial charge in [0.05, 0.1) is 0 Å². The largest absolute Gasteiger partial charge is 0.455 e. The summed E-state index contributed by atoms with van der Waals surface area (Å²) in [4.78, 5) is 0. The summed E-state index contributed by atoms with van der Waals surface area (Å²) in [6.45, 7) is 1.78. The van der Waals surface area contributed by atoms with Crippen molar-refractivity contribution in [3.63, 3.8) is 0 Å². The van der Waals surface area contributed by atoms with E-state index >= 15 is 0 Å². The van der Waals surface area contributed by atoms with Crippen LogP contribution in [-0.2, 0) is 0 Å². The van der Waals surface area contributed by atoms with Crippen LogP contribution in [0.4, 0.5) is 0 Å². The van der Waals surface area contributed by atoms with E-state index in [0.29, 0.717) is 11.5 Å². The summed E-state index contributed by atoms with van der Waals surface area (Å²) in [5.41, 5.74) is 11.8. The number of guanidine groups is 1. The number of hydrogen-bond acceptors (Lipinski definition) is 3. The van der Waals surface area contributed by atoms with Gasteiger partial charge in [0.1, 0.15) is 11.3 Å². The molecular formula is C11H11BrN4O. The molecule has 0 spiro atoms. The zero-order chi connectivity index (χ0) is 12.4. The van der Waals surface area contributed by atoms with E-state index in [2.05, 4.69) is 26.1 Å². The molecule has 6 heteroatoms. The van der Waals surface area contributed by atoms with Crippen LogP contribution in [0.2, 0.25) is 0 Å². The fraction of sp³-hybridized carbons (Fsp3) is 0.0909. The molecular weight excluding hydrogens is 284 g/mol. The first-order valence-corrected chi connectivity index (χ1v) is 5.68. The summed E-state index contributed by atoms with van der Waals surface area (Å²) in [5, 5.41) is 8.43. The fourth-order valence-electron chi connectivity index (χ4n) is 1.37. The number of furan rings is 1. The second-order valence-corrected chi connectivity index (χ2v) is 4.42. The van der Waals surface area contributed by atoms with Crippen molar-refractivity contribution in [1.29, 1.82) is 0 Å². The van der Waals surface area contributed by atoms with Gasteiger partial charge < -0.3 is 15.9 Å². The van der Waals surface area contributed by atoms with Crippen LogP contribution in [0.5, 0.6) is 0 Å². The molecule has 0 unspecified atom stereocenters. The lowest BCUT2D eigenvalue weighted by Gasteiger charge is -1.91. The van der Waals surface area contributed by atoms with E-state index in [9.17, 15) is 0 Å². The normalized spacial score (nSPS) is 11.8. The Bertz CT molecular complexity index is 611. The molecule has 88 valence electrons. The standard InChI is InChI=1S/C11H11BrN4O/c1-6(15-16-11(13)14)10-5-7-4-8(12)2-3-9(7)17-10/h2-5H,1H3,(H4,13,14,16). The second-order valence-electron chi connectivity index (χ2n) is 3.50. The van der Waals surface area contributed by atoms with Crippen molar-refractivity contribution in [2.45, 2.75) is 6.92 Å². The lowest BCUT2D eigenvalue weighted by molar-refractivity contribution is 0.604. The Kier molecular flexibility index (Phi) is 3.14. The van der Waals surface area contributed by atoms with E-state index in [-0.39, 0.29) is 5.96 Å². The van der Waals surface area contributed by atoms with Crippen molar-refractivity contribution in [3.05, 3.63) is 34.5 Å². The van der Waals surface area contributed by atoms with E-state index < -0.39 is 0 Å². The smallest absolute Gasteiger partial charge is 0.211 e. The van der Waals surface area contributed by atoms with E-state index in [0.717, 1.165) is 15.4 Å². The summed E-state index contributed by atoms with van der Waals surface area (Å²) in [5.74, 6) is 0.561. The Morgan fingerprint density at radius 2 is 2.00 bits per heavy atom. The van der Waals surface area contributed by atoms with Gasteiger partial charge in [-0.05, 0) is 31.2 Å². The Hall–Kier alpha value is -1.82. The van der Waals surface area contributed by atoms with E-state index in [4.69, 9.17) is 15.9 Å². The number of hydrogen-bond donors (Lipinski definition) is 2. The van der Waals surface area contributed by atoms with Gasteiger partial charge in [0, 0.05) is 9.86 Å². The molecule has 1 aromatic carbocycles. The molecule has 1 aromatic heterocycles. The zero-order valence-electron chi connectivity index (χ0n) is 9.14. The third-order valence-electron chi connectivity index (χ3n) is 2.15. The summed E-state index contributed by atoms with van der Waals surface area (Å²) in [6.07, 6.45) is 0. The van der Waals surface area contributed by atoms with Gasteiger partial charge in [0.2, 0.25) is 5.96 Å². The molecule has 0 fully saturated rings. The summed E-state index contributed by atoms with van der Waals surface area (Å²) < 4.78 is 6.61. The molecule has 0 aliphatic heterocycles. The Balaban J connectivity index is 2.43. The van der Waals surface area contributed by atoms with Crippen LogP contribution in [-0.4, -0.2) is 11.7 Å². The van der Waals surface area contributed by atoms with Gasteiger partial charge in [-0.15, -0.1) is 10.2 Å². The molecule has 5 nitrogen and oxygen atoms in total. The molecule has 4 N–H and O–H groups in total. The first-order chi connectivity index (χ1) is 8.06. The van der Waals surface area contributed by atoms with Crippen LogP contribution in [0, 0.1) is 0 Å². The molecule has 0 atom stereocenters. The molecule has 0 aliphatic carbocycles. The molecule has 0 bridgehead atoms. The number of halogens is 1. The van der Waals surface area contributed by atoms with Gasteiger partial charge in [-0.2, -0.15) is 0 Å². The average Bonchev–Trinajstić information content (AvgIpc) is 2.68. The van der Waals surface area contributed by atoms with Crippen molar-refractivity contribution in [2.24, 2.45) is 21.7 Å².